The number of rotatable bonds is 4. The number of urea groups is 1. The first kappa shape index (κ1) is 17.3. The van der Waals surface area contributed by atoms with E-state index in [1.807, 2.05) is 27.7 Å². The molecule has 1 aromatic heterocycles. The van der Waals surface area contributed by atoms with Crippen LogP contribution in [0.15, 0.2) is 10.6 Å². The summed E-state index contributed by atoms with van der Waals surface area (Å²) in [6.07, 6.45) is 0.934. The summed E-state index contributed by atoms with van der Waals surface area (Å²) in [5.41, 5.74) is -0.218. The van der Waals surface area contributed by atoms with E-state index in [2.05, 4.69) is 5.16 Å². The van der Waals surface area contributed by atoms with Gasteiger partial charge in [-0.05, 0) is 6.42 Å². The molecule has 1 aromatic rings. The van der Waals surface area contributed by atoms with E-state index in [9.17, 15) is 9.59 Å². The molecule has 7 heteroatoms. The van der Waals surface area contributed by atoms with Gasteiger partial charge in [0.2, 0.25) is 0 Å². The fourth-order valence-electron chi connectivity index (χ4n) is 2.34. The Morgan fingerprint density at radius 2 is 2.17 bits per heavy atom. The minimum atomic E-state index is -0.643. The molecule has 0 radical (unpaired) electrons. The van der Waals surface area contributed by atoms with Crippen LogP contribution in [0.25, 0.3) is 0 Å². The number of carbonyl (C=O) groups excluding carboxylic acids is 2. The molecule has 1 aliphatic rings. The van der Waals surface area contributed by atoms with Crippen molar-refractivity contribution < 1.29 is 18.8 Å². The van der Waals surface area contributed by atoms with Crippen molar-refractivity contribution in [3.8, 4) is 0 Å². The first-order valence-electron chi connectivity index (χ1n) is 7.95. The molecule has 1 atom stereocenters. The van der Waals surface area contributed by atoms with Crippen LogP contribution in [0.2, 0.25) is 0 Å². The number of amides is 2. The largest absolute Gasteiger partial charge is 0.441 e. The molecule has 0 bridgehead atoms. The maximum atomic E-state index is 12.5. The molecule has 1 aliphatic heterocycles. The average Bonchev–Trinajstić information content (AvgIpc) is 2.93. The third-order valence-electron chi connectivity index (χ3n) is 3.74. The Hall–Kier alpha value is -2.05. The van der Waals surface area contributed by atoms with Crippen LogP contribution < -0.4 is 4.90 Å². The normalized spacial score (nSPS) is 19.2. The quantitative estimate of drug-likeness (QED) is 0.796. The van der Waals surface area contributed by atoms with Crippen molar-refractivity contribution in [2.75, 3.05) is 18.5 Å². The van der Waals surface area contributed by atoms with Crippen LogP contribution in [-0.4, -0.2) is 41.9 Å². The van der Waals surface area contributed by atoms with Crippen LogP contribution in [-0.2, 0) is 14.9 Å². The second kappa shape index (κ2) is 6.60. The number of anilines is 1. The smallest absolute Gasteiger partial charge is 0.328 e. The zero-order valence-corrected chi connectivity index (χ0v) is 14.5. The second-order valence-electron chi connectivity index (χ2n) is 6.86. The summed E-state index contributed by atoms with van der Waals surface area (Å²) >= 11 is 0. The Morgan fingerprint density at radius 1 is 1.48 bits per heavy atom. The van der Waals surface area contributed by atoms with Gasteiger partial charge in [-0.25, -0.2) is 9.69 Å². The molecule has 7 nitrogen and oxygen atoms in total. The Balaban J connectivity index is 2.26. The monoisotopic (exact) mass is 323 g/mol. The third-order valence-corrected chi connectivity index (χ3v) is 3.74. The van der Waals surface area contributed by atoms with Crippen molar-refractivity contribution in [2.45, 2.75) is 58.6 Å². The molecule has 0 aliphatic carbocycles. The van der Waals surface area contributed by atoms with Gasteiger partial charge in [0.15, 0.2) is 12.0 Å². The van der Waals surface area contributed by atoms with Gasteiger partial charge >= 0.3 is 12.0 Å². The van der Waals surface area contributed by atoms with Crippen LogP contribution in [0.1, 0.15) is 52.7 Å². The summed E-state index contributed by atoms with van der Waals surface area (Å²) in [7, 11) is 1.71. The van der Waals surface area contributed by atoms with Gasteiger partial charge in [0, 0.05) is 37.9 Å². The number of hydrogen-bond donors (Lipinski definition) is 0. The highest BCUT2D eigenvalue weighted by molar-refractivity contribution is 5.92. The summed E-state index contributed by atoms with van der Waals surface area (Å²) in [6, 6.07) is 1.48. The summed E-state index contributed by atoms with van der Waals surface area (Å²) in [5.74, 6) is 0.743. The number of carbonyl (C=O) groups is 2. The number of ether oxygens (including phenoxy) is 1. The van der Waals surface area contributed by atoms with Gasteiger partial charge in [-0.1, -0.05) is 32.9 Å². The van der Waals surface area contributed by atoms with E-state index in [4.69, 9.17) is 9.26 Å². The molecule has 23 heavy (non-hydrogen) atoms. The van der Waals surface area contributed by atoms with Gasteiger partial charge in [-0.2, -0.15) is 0 Å². The summed E-state index contributed by atoms with van der Waals surface area (Å²) in [5, 5.41) is 4.01. The van der Waals surface area contributed by atoms with Crippen molar-refractivity contribution in [3.63, 3.8) is 0 Å². The Kier molecular flexibility index (Phi) is 4.97. The third kappa shape index (κ3) is 3.83. The molecule has 1 fully saturated rings. The maximum absolute atomic E-state index is 12.5. The number of hydrogen-bond acceptors (Lipinski definition) is 5. The highest BCUT2D eigenvalue weighted by Gasteiger charge is 2.37. The van der Waals surface area contributed by atoms with Crippen molar-refractivity contribution in [1.29, 1.82) is 0 Å². The number of aromatic nitrogens is 1. The summed E-state index contributed by atoms with van der Waals surface area (Å²) < 4.78 is 10.8. The van der Waals surface area contributed by atoms with Crippen molar-refractivity contribution in [2.24, 2.45) is 0 Å². The molecule has 1 unspecified atom stereocenters. The predicted molar refractivity (Wildman–Crippen MR) is 85.1 cm³/mol. The first-order chi connectivity index (χ1) is 10.7. The lowest BCUT2D eigenvalue weighted by molar-refractivity contribution is -0.149. The van der Waals surface area contributed by atoms with E-state index in [0.717, 1.165) is 0 Å². The molecule has 128 valence electrons. The topological polar surface area (TPSA) is 75.9 Å². The van der Waals surface area contributed by atoms with Crippen molar-refractivity contribution in [3.05, 3.63) is 11.8 Å². The second-order valence-corrected chi connectivity index (χ2v) is 6.86. The summed E-state index contributed by atoms with van der Waals surface area (Å²) in [4.78, 5) is 27.3. The molecule has 2 amide bonds. The standard InChI is InChI=1S/C16H25N3O4/c1-6-7-14(20)22-13-8-9-18(5)15(21)19(13)12-10-11(23-17-12)16(2,3)4/h10,13H,6-9H2,1-5H3. The van der Waals surface area contributed by atoms with Gasteiger partial charge in [0.05, 0.1) is 0 Å². The minimum absolute atomic E-state index is 0.218. The number of nitrogens with zero attached hydrogens (tertiary/aromatic N) is 3. The highest BCUT2D eigenvalue weighted by atomic mass is 16.6. The van der Waals surface area contributed by atoms with E-state index >= 15 is 0 Å². The van der Waals surface area contributed by atoms with Crippen LogP contribution in [0.4, 0.5) is 10.6 Å². The van der Waals surface area contributed by atoms with Gasteiger partial charge in [-0.3, -0.25) is 4.79 Å². The fourth-order valence-corrected chi connectivity index (χ4v) is 2.34. The minimum Gasteiger partial charge on any atom is -0.441 e. The van der Waals surface area contributed by atoms with E-state index in [0.29, 0.717) is 37.4 Å². The van der Waals surface area contributed by atoms with Crippen molar-refractivity contribution >= 4 is 17.8 Å². The molecule has 1 saturated heterocycles. The van der Waals surface area contributed by atoms with Gasteiger partial charge in [-0.15, -0.1) is 0 Å². The van der Waals surface area contributed by atoms with E-state index in [1.165, 1.54) is 4.90 Å². The molecular weight excluding hydrogens is 298 g/mol. The van der Waals surface area contributed by atoms with Crippen LogP contribution in [0.3, 0.4) is 0 Å². The Morgan fingerprint density at radius 3 is 2.74 bits per heavy atom. The fraction of sp³-hybridized carbons (Fsp3) is 0.688. The predicted octanol–water partition coefficient (Wildman–Crippen LogP) is 2.90. The van der Waals surface area contributed by atoms with Crippen LogP contribution >= 0.6 is 0 Å². The molecular formula is C16H25N3O4. The molecule has 2 rings (SSSR count). The number of esters is 1. The first-order valence-corrected chi connectivity index (χ1v) is 7.95. The van der Waals surface area contributed by atoms with E-state index in [-0.39, 0.29) is 17.4 Å². The lowest BCUT2D eigenvalue weighted by Gasteiger charge is -2.37. The zero-order valence-electron chi connectivity index (χ0n) is 14.5. The van der Waals surface area contributed by atoms with Gasteiger partial charge in [0.25, 0.3) is 0 Å². The van der Waals surface area contributed by atoms with Gasteiger partial charge in [0.1, 0.15) is 5.76 Å². The Bertz CT molecular complexity index is 576. The zero-order chi connectivity index (χ0) is 17.2. The molecule has 2 heterocycles. The van der Waals surface area contributed by atoms with E-state index < -0.39 is 6.23 Å². The Labute approximate surface area is 136 Å². The SMILES string of the molecule is CCCC(=O)OC1CCN(C)C(=O)N1c1cc(C(C)(C)C)on1. The van der Waals surface area contributed by atoms with Crippen molar-refractivity contribution in [1.82, 2.24) is 10.1 Å². The highest BCUT2D eigenvalue weighted by Crippen LogP contribution is 2.29. The molecule has 0 spiro atoms. The molecule has 0 aromatic carbocycles. The molecule has 0 saturated carbocycles. The van der Waals surface area contributed by atoms with E-state index in [1.54, 1.807) is 18.0 Å². The lowest BCUT2D eigenvalue weighted by atomic mass is 9.93. The lowest BCUT2D eigenvalue weighted by Crippen LogP contribution is -2.55. The van der Waals surface area contributed by atoms with Gasteiger partial charge < -0.3 is 14.2 Å². The molecule has 0 N–H and O–H groups in total. The average molecular weight is 323 g/mol. The summed E-state index contributed by atoms with van der Waals surface area (Å²) in [6.45, 7) is 8.44. The van der Waals surface area contributed by atoms with Crippen LogP contribution in [0, 0.1) is 0 Å². The maximum Gasteiger partial charge on any atom is 0.328 e. The van der Waals surface area contributed by atoms with Crippen LogP contribution in [0.5, 0.6) is 0 Å².